The van der Waals surface area contributed by atoms with Gasteiger partial charge in [0, 0.05) is 11.5 Å². The number of hydrogen-bond donors (Lipinski definition) is 0. The fraction of sp³-hybridized carbons (Fsp3) is 0.389. The van der Waals surface area contributed by atoms with E-state index in [0.717, 1.165) is 12.0 Å². The van der Waals surface area contributed by atoms with E-state index in [2.05, 4.69) is 32.9 Å². The third kappa shape index (κ3) is 3.04. The van der Waals surface area contributed by atoms with E-state index in [9.17, 15) is 4.79 Å². The minimum Gasteiger partial charge on any atom is -0.294 e. The summed E-state index contributed by atoms with van der Waals surface area (Å²) in [4.78, 5) is 12.4. The number of Topliss-reactive ketones (excluding diaryl/α,β-unsaturated/α-hetero) is 1. The smallest absolute Gasteiger partial charge is 0.169 e. The molecule has 0 heterocycles. The first-order valence-corrected chi connectivity index (χ1v) is 6.90. The normalized spacial score (nSPS) is 16.8. The van der Waals surface area contributed by atoms with Gasteiger partial charge in [-0.25, -0.2) is 0 Å². The van der Waals surface area contributed by atoms with Crippen molar-refractivity contribution in [1.29, 1.82) is 0 Å². The molecule has 1 heteroatoms. The Morgan fingerprint density at radius 1 is 1.16 bits per heavy atom. The monoisotopic (exact) mass is 254 g/mol. The fourth-order valence-electron chi connectivity index (χ4n) is 2.39. The van der Waals surface area contributed by atoms with E-state index in [1.54, 1.807) is 0 Å². The van der Waals surface area contributed by atoms with Crippen LogP contribution in [0.15, 0.2) is 53.6 Å². The molecule has 19 heavy (non-hydrogen) atoms. The summed E-state index contributed by atoms with van der Waals surface area (Å²) in [6.45, 7) is 8.65. The molecular formula is C18H22O. The minimum absolute atomic E-state index is 0.0292. The van der Waals surface area contributed by atoms with Crippen LogP contribution in [0.1, 0.15) is 44.5 Å². The lowest BCUT2D eigenvalue weighted by molar-refractivity contribution is 0.0947. The summed E-state index contributed by atoms with van der Waals surface area (Å²) in [7, 11) is 0. The number of benzene rings is 1. The average molecular weight is 254 g/mol. The molecule has 0 bridgehead atoms. The third-order valence-electron chi connectivity index (χ3n) is 3.77. The second-order valence-corrected chi connectivity index (χ2v) is 6.28. The Morgan fingerprint density at radius 2 is 1.79 bits per heavy atom. The number of ketones is 1. The first kappa shape index (κ1) is 13.8. The number of carbonyl (C=O) groups excluding carboxylic acids is 1. The van der Waals surface area contributed by atoms with Crippen molar-refractivity contribution in [3.05, 3.63) is 59.2 Å². The maximum Gasteiger partial charge on any atom is 0.169 e. The quantitative estimate of drug-likeness (QED) is 0.707. The van der Waals surface area contributed by atoms with Crippen molar-refractivity contribution >= 4 is 5.78 Å². The maximum absolute atomic E-state index is 12.4. The van der Waals surface area contributed by atoms with Crippen molar-refractivity contribution in [2.24, 2.45) is 11.3 Å². The number of allylic oxidation sites excluding steroid dienone is 4. The highest BCUT2D eigenvalue weighted by molar-refractivity contribution is 5.99. The summed E-state index contributed by atoms with van der Waals surface area (Å²) in [6.07, 6.45) is 5.38. The Hall–Kier alpha value is -1.63. The zero-order valence-corrected chi connectivity index (χ0v) is 12.2. The molecule has 0 N–H and O–H groups in total. The van der Waals surface area contributed by atoms with Gasteiger partial charge in [0.1, 0.15) is 0 Å². The minimum atomic E-state index is -0.0292. The van der Waals surface area contributed by atoms with Crippen molar-refractivity contribution in [3.8, 4) is 0 Å². The first-order chi connectivity index (χ1) is 8.89. The Bertz CT molecular complexity index is 527. The van der Waals surface area contributed by atoms with Crippen LogP contribution in [0, 0.1) is 11.3 Å². The molecule has 1 nitrogen and oxygen atoms in total. The molecule has 1 aliphatic carbocycles. The van der Waals surface area contributed by atoms with Crippen LogP contribution in [0.3, 0.4) is 0 Å². The molecule has 1 aromatic carbocycles. The molecule has 0 amide bonds. The van der Waals surface area contributed by atoms with E-state index in [4.69, 9.17) is 0 Å². The van der Waals surface area contributed by atoms with Gasteiger partial charge >= 0.3 is 0 Å². The molecule has 1 atom stereocenters. The second kappa shape index (κ2) is 5.16. The highest BCUT2D eigenvalue weighted by atomic mass is 16.1. The SMILES string of the molecule is CC(C(=O)c1ccccc1)C1=CC(C(C)(C)C)=CC1. The van der Waals surface area contributed by atoms with Gasteiger partial charge in [-0.3, -0.25) is 4.79 Å². The summed E-state index contributed by atoms with van der Waals surface area (Å²) in [5, 5.41) is 0. The molecule has 0 spiro atoms. The van der Waals surface area contributed by atoms with Crippen LogP contribution in [-0.2, 0) is 0 Å². The van der Waals surface area contributed by atoms with E-state index in [1.165, 1.54) is 11.1 Å². The molecule has 1 aliphatic rings. The predicted octanol–water partition coefficient (Wildman–Crippen LogP) is 4.81. The van der Waals surface area contributed by atoms with Crippen molar-refractivity contribution < 1.29 is 4.79 Å². The van der Waals surface area contributed by atoms with Gasteiger partial charge in [-0.1, -0.05) is 75.8 Å². The van der Waals surface area contributed by atoms with Crippen LogP contribution in [0.5, 0.6) is 0 Å². The van der Waals surface area contributed by atoms with Crippen molar-refractivity contribution in [2.45, 2.75) is 34.1 Å². The number of carbonyl (C=O) groups is 1. The molecule has 0 saturated carbocycles. The molecule has 1 unspecified atom stereocenters. The van der Waals surface area contributed by atoms with Gasteiger partial charge < -0.3 is 0 Å². The van der Waals surface area contributed by atoms with Gasteiger partial charge in [-0.05, 0) is 17.4 Å². The summed E-state index contributed by atoms with van der Waals surface area (Å²) < 4.78 is 0. The molecule has 0 fully saturated rings. The van der Waals surface area contributed by atoms with Gasteiger partial charge in [0.2, 0.25) is 0 Å². The van der Waals surface area contributed by atoms with E-state index in [1.807, 2.05) is 37.3 Å². The molecule has 100 valence electrons. The topological polar surface area (TPSA) is 17.1 Å². The largest absolute Gasteiger partial charge is 0.294 e. The molecule has 0 aromatic heterocycles. The Kier molecular flexibility index (Phi) is 3.75. The second-order valence-electron chi connectivity index (χ2n) is 6.28. The van der Waals surface area contributed by atoms with Gasteiger partial charge in [-0.15, -0.1) is 0 Å². The average Bonchev–Trinajstić information content (AvgIpc) is 2.87. The summed E-state index contributed by atoms with van der Waals surface area (Å²) in [5.41, 5.74) is 3.55. The van der Waals surface area contributed by atoms with E-state index >= 15 is 0 Å². The van der Waals surface area contributed by atoms with Gasteiger partial charge in [-0.2, -0.15) is 0 Å². The van der Waals surface area contributed by atoms with Gasteiger partial charge in [0.25, 0.3) is 0 Å². The lowest BCUT2D eigenvalue weighted by Crippen LogP contribution is -2.13. The van der Waals surface area contributed by atoms with Crippen LogP contribution in [0.4, 0.5) is 0 Å². The Labute approximate surface area is 116 Å². The highest BCUT2D eigenvalue weighted by Crippen LogP contribution is 2.35. The van der Waals surface area contributed by atoms with Gasteiger partial charge in [0.05, 0.1) is 0 Å². The first-order valence-electron chi connectivity index (χ1n) is 6.90. The van der Waals surface area contributed by atoms with Crippen LogP contribution in [0.25, 0.3) is 0 Å². The maximum atomic E-state index is 12.4. The van der Waals surface area contributed by atoms with Crippen LogP contribution in [0.2, 0.25) is 0 Å². The van der Waals surface area contributed by atoms with E-state index in [0.29, 0.717) is 0 Å². The Morgan fingerprint density at radius 3 is 2.32 bits per heavy atom. The fourth-order valence-corrected chi connectivity index (χ4v) is 2.39. The van der Waals surface area contributed by atoms with Crippen molar-refractivity contribution in [2.75, 3.05) is 0 Å². The molecule has 2 rings (SSSR count). The van der Waals surface area contributed by atoms with E-state index < -0.39 is 0 Å². The van der Waals surface area contributed by atoms with Gasteiger partial charge in [0.15, 0.2) is 5.78 Å². The van der Waals surface area contributed by atoms with E-state index in [-0.39, 0.29) is 17.1 Å². The van der Waals surface area contributed by atoms with Crippen molar-refractivity contribution in [1.82, 2.24) is 0 Å². The zero-order valence-electron chi connectivity index (χ0n) is 12.2. The lowest BCUT2D eigenvalue weighted by Gasteiger charge is -2.18. The van der Waals surface area contributed by atoms with Crippen LogP contribution in [-0.4, -0.2) is 5.78 Å². The van der Waals surface area contributed by atoms with Crippen molar-refractivity contribution in [3.63, 3.8) is 0 Å². The zero-order chi connectivity index (χ0) is 14.0. The lowest BCUT2D eigenvalue weighted by atomic mass is 9.86. The Balaban J connectivity index is 2.15. The predicted molar refractivity (Wildman–Crippen MR) is 80.2 cm³/mol. The summed E-state index contributed by atoms with van der Waals surface area (Å²) in [6, 6.07) is 9.57. The molecular weight excluding hydrogens is 232 g/mol. The molecule has 0 radical (unpaired) electrons. The van der Waals surface area contributed by atoms with Crippen LogP contribution >= 0.6 is 0 Å². The standard InChI is InChI=1S/C18H22O/c1-13(17(19)14-8-6-5-7-9-14)15-10-11-16(12-15)18(2,3)4/h5-9,11-13H,10H2,1-4H3. The molecule has 0 aliphatic heterocycles. The number of rotatable bonds is 3. The summed E-state index contributed by atoms with van der Waals surface area (Å²) >= 11 is 0. The molecule has 1 aromatic rings. The third-order valence-corrected chi connectivity index (χ3v) is 3.77. The molecule has 0 saturated heterocycles. The van der Waals surface area contributed by atoms with Crippen LogP contribution < -0.4 is 0 Å². The highest BCUT2D eigenvalue weighted by Gasteiger charge is 2.25. The number of hydrogen-bond acceptors (Lipinski definition) is 1. The summed E-state index contributed by atoms with van der Waals surface area (Å²) in [5.74, 6) is 0.189.